The van der Waals surface area contributed by atoms with Crippen LogP contribution in [0.1, 0.15) is 27.2 Å². The van der Waals surface area contributed by atoms with Gasteiger partial charge in [0.25, 0.3) is 0 Å². The lowest BCUT2D eigenvalue weighted by molar-refractivity contribution is -0.117. The molecule has 9 heteroatoms. The third-order valence-electron chi connectivity index (χ3n) is 2.96. The van der Waals surface area contributed by atoms with Gasteiger partial charge >= 0.3 is 6.09 Å². The summed E-state index contributed by atoms with van der Waals surface area (Å²) in [4.78, 5) is 22.9. The van der Waals surface area contributed by atoms with E-state index in [-0.39, 0.29) is 6.10 Å². The van der Waals surface area contributed by atoms with Crippen molar-refractivity contribution < 1.29 is 23.1 Å². The van der Waals surface area contributed by atoms with Gasteiger partial charge in [-0.25, -0.2) is 4.79 Å². The lowest BCUT2D eigenvalue weighted by atomic mass is 10.1. The van der Waals surface area contributed by atoms with Crippen molar-refractivity contribution >= 4 is 46.4 Å². The number of hydrogen-bond donors (Lipinski definition) is 2. The van der Waals surface area contributed by atoms with Gasteiger partial charge in [-0.05, 0) is 43.5 Å². The van der Waals surface area contributed by atoms with Crippen LogP contribution < -0.4 is 5.32 Å². The van der Waals surface area contributed by atoms with Gasteiger partial charge in [-0.3, -0.25) is 14.3 Å². The molecule has 1 unspecified atom stereocenters. The maximum Gasteiger partial charge on any atom is 0.411 e. The molecule has 0 aliphatic heterocycles. The van der Waals surface area contributed by atoms with Crippen molar-refractivity contribution in [2.75, 3.05) is 25.5 Å². The van der Waals surface area contributed by atoms with Crippen molar-refractivity contribution in [1.29, 1.82) is 0 Å². The van der Waals surface area contributed by atoms with Crippen LogP contribution in [0.15, 0.2) is 28.7 Å². The van der Waals surface area contributed by atoms with E-state index in [1.54, 1.807) is 7.05 Å². The van der Waals surface area contributed by atoms with Crippen molar-refractivity contribution in [3.05, 3.63) is 28.7 Å². The number of halogens is 1. The van der Waals surface area contributed by atoms with Crippen molar-refractivity contribution in [1.82, 2.24) is 4.90 Å². The van der Waals surface area contributed by atoms with Crippen LogP contribution >= 0.6 is 28.3 Å². The number of likely N-dealkylation sites (N-methyl/N-ethyl adjacent to an activating group) is 1. The second kappa shape index (κ2) is 14.8. The molecular weight excluding hydrogens is 424 g/mol. The zero-order valence-corrected chi connectivity index (χ0v) is 17.9. The molecule has 1 aromatic carbocycles. The summed E-state index contributed by atoms with van der Waals surface area (Å²) < 4.78 is 18.7. The summed E-state index contributed by atoms with van der Waals surface area (Å²) in [5.74, 6) is 0.519. The fourth-order valence-corrected chi connectivity index (χ4v) is 2.26. The van der Waals surface area contributed by atoms with Crippen molar-refractivity contribution in [2.24, 2.45) is 5.92 Å². The molecule has 0 aliphatic carbocycles. The van der Waals surface area contributed by atoms with Gasteiger partial charge in [-0.1, -0.05) is 29.8 Å². The fraction of sp³-hybridized carbons (Fsp3) is 0.529. The highest BCUT2D eigenvalue weighted by Crippen LogP contribution is 2.15. The van der Waals surface area contributed by atoms with Crippen LogP contribution in [0.4, 0.5) is 10.5 Å². The van der Waals surface area contributed by atoms with Gasteiger partial charge in [0.15, 0.2) is 12.3 Å². The molecule has 26 heavy (non-hydrogen) atoms. The summed E-state index contributed by atoms with van der Waals surface area (Å²) in [6.45, 7) is 6.95. The standard InChI is InChI=1S/C13H18BrNO2.C4H9NO3S/c1-9(2)8-10(3)17-13(16)15-12-6-4-11(14)5-7-12;1-5(4-6)2-3-8-9-7/h4-7,9-10H,8H2,1-3H3,(H,15,16);4,7H,2-3H2,1H3. The molecular formula is C17H27BrN2O5S. The van der Waals surface area contributed by atoms with E-state index in [1.807, 2.05) is 31.2 Å². The molecule has 2 amide bonds. The highest BCUT2D eigenvalue weighted by molar-refractivity contribution is 9.10. The van der Waals surface area contributed by atoms with Gasteiger partial charge in [0.2, 0.25) is 6.41 Å². The van der Waals surface area contributed by atoms with E-state index in [0.29, 0.717) is 37.8 Å². The minimum Gasteiger partial charge on any atom is -0.446 e. The summed E-state index contributed by atoms with van der Waals surface area (Å²) in [5.41, 5.74) is 0.731. The largest absolute Gasteiger partial charge is 0.446 e. The van der Waals surface area contributed by atoms with Gasteiger partial charge in [0.05, 0.1) is 6.61 Å². The number of amides is 2. The first-order chi connectivity index (χ1) is 12.3. The number of hydrogen-bond acceptors (Lipinski definition) is 6. The zero-order valence-electron chi connectivity index (χ0n) is 15.5. The van der Waals surface area contributed by atoms with Crippen LogP contribution in [-0.2, 0) is 13.7 Å². The molecule has 2 N–H and O–H groups in total. The predicted octanol–water partition coefficient (Wildman–Crippen LogP) is 4.64. The molecule has 1 atom stereocenters. The number of benzene rings is 1. The third kappa shape index (κ3) is 13.9. The topological polar surface area (TPSA) is 88.1 Å². The van der Waals surface area contributed by atoms with E-state index in [9.17, 15) is 9.59 Å². The molecule has 0 bridgehead atoms. The zero-order chi connectivity index (χ0) is 19.9. The van der Waals surface area contributed by atoms with Crippen molar-refractivity contribution in [2.45, 2.75) is 33.3 Å². The van der Waals surface area contributed by atoms with Crippen molar-refractivity contribution in [3.63, 3.8) is 0 Å². The number of rotatable bonds is 9. The maximum absolute atomic E-state index is 11.5. The minimum absolute atomic E-state index is 0.0644. The van der Waals surface area contributed by atoms with Crippen molar-refractivity contribution in [3.8, 4) is 0 Å². The first-order valence-electron chi connectivity index (χ1n) is 8.10. The number of carbonyl (C=O) groups excluding carboxylic acids is 2. The average molecular weight is 451 g/mol. The van der Waals surface area contributed by atoms with E-state index in [1.165, 1.54) is 4.90 Å². The molecule has 0 radical (unpaired) electrons. The fourth-order valence-electron chi connectivity index (χ4n) is 1.85. The summed E-state index contributed by atoms with van der Waals surface area (Å²) in [6, 6.07) is 7.37. The molecule has 0 saturated carbocycles. The van der Waals surface area contributed by atoms with E-state index in [2.05, 4.69) is 39.3 Å². The highest BCUT2D eigenvalue weighted by Gasteiger charge is 2.11. The maximum atomic E-state index is 11.5. The molecule has 0 fully saturated rings. The molecule has 1 rings (SSSR count). The smallest absolute Gasteiger partial charge is 0.411 e. The van der Waals surface area contributed by atoms with Gasteiger partial charge in [-0.15, -0.1) is 0 Å². The summed E-state index contributed by atoms with van der Waals surface area (Å²) in [6.07, 6.45) is 1.10. The first-order valence-corrected chi connectivity index (χ1v) is 9.59. The van der Waals surface area contributed by atoms with E-state index >= 15 is 0 Å². The van der Waals surface area contributed by atoms with Gasteiger partial charge in [0.1, 0.15) is 6.10 Å². The van der Waals surface area contributed by atoms with Gasteiger partial charge in [-0.2, -0.15) is 0 Å². The Morgan fingerprint density at radius 3 is 2.46 bits per heavy atom. The lowest BCUT2D eigenvalue weighted by Crippen LogP contribution is -2.21. The first kappa shape index (κ1) is 24.7. The molecule has 148 valence electrons. The van der Waals surface area contributed by atoms with Gasteiger partial charge in [0, 0.05) is 23.8 Å². The molecule has 0 saturated heterocycles. The van der Waals surface area contributed by atoms with E-state index in [4.69, 9.17) is 9.29 Å². The normalized spacial score (nSPS) is 11.2. The number of ether oxygens (including phenoxy) is 1. The van der Waals surface area contributed by atoms with Crippen LogP contribution in [0.5, 0.6) is 0 Å². The predicted molar refractivity (Wildman–Crippen MR) is 108 cm³/mol. The number of nitrogens with one attached hydrogen (secondary N) is 1. The minimum atomic E-state index is -0.402. The third-order valence-corrected chi connectivity index (χ3v) is 3.76. The molecule has 0 heterocycles. The summed E-state index contributed by atoms with van der Waals surface area (Å²) in [5, 5.41) is 2.69. The van der Waals surface area contributed by atoms with E-state index in [0.717, 1.165) is 16.6 Å². The Balaban J connectivity index is 0.000000590. The van der Waals surface area contributed by atoms with Crippen LogP contribution in [0, 0.1) is 5.92 Å². The highest BCUT2D eigenvalue weighted by atomic mass is 79.9. The number of carbonyl (C=O) groups is 2. The molecule has 0 aliphatic rings. The molecule has 0 aromatic heterocycles. The van der Waals surface area contributed by atoms with Crippen LogP contribution in [0.3, 0.4) is 0 Å². The Hall–Kier alpha value is -1.29. The quantitative estimate of drug-likeness (QED) is 0.323. The SMILES string of the molecule is CC(C)CC(C)OC(=O)Nc1ccc(Br)cc1.CN(C=O)CCOSO. The monoisotopic (exact) mass is 450 g/mol. The van der Waals surface area contributed by atoms with E-state index < -0.39 is 6.09 Å². The Kier molecular flexibility index (Phi) is 14.1. The second-order valence-corrected chi connectivity index (χ2v) is 7.26. The molecule has 1 aromatic rings. The Morgan fingerprint density at radius 2 is 1.96 bits per heavy atom. The summed E-state index contributed by atoms with van der Waals surface area (Å²) in [7, 11) is 1.64. The second-order valence-electron chi connectivity index (χ2n) is 5.96. The van der Waals surface area contributed by atoms with Crippen LogP contribution in [0.2, 0.25) is 0 Å². The Labute approximate surface area is 168 Å². The van der Waals surface area contributed by atoms with Crippen LogP contribution in [-0.4, -0.2) is 48.3 Å². The number of nitrogens with zero attached hydrogens (tertiary/aromatic N) is 1. The Morgan fingerprint density at radius 1 is 1.35 bits per heavy atom. The number of anilines is 1. The Bertz CT molecular complexity index is 516. The molecule has 0 spiro atoms. The lowest BCUT2D eigenvalue weighted by Gasteiger charge is -2.15. The average Bonchev–Trinajstić information content (AvgIpc) is 2.56. The summed E-state index contributed by atoms with van der Waals surface area (Å²) >= 11 is 3.65. The molecule has 7 nitrogen and oxygen atoms in total. The van der Waals surface area contributed by atoms with Crippen LogP contribution in [0.25, 0.3) is 0 Å². The van der Waals surface area contributed by atoms with Gasteiger partial charge < -0.3 is 14.2 Å².